The fourth-order valence-corrected chi connectivity index (χ4v) is 2.68. The summed E-state index contributed by atoms with van der Waals surface area (Å²) in [5, 5.41) is 2.60. The van der Waals surface area contributed by atoms with Gasteiger partial charge in [-0.1, -0.05) is 30.3 Å². The lowest BCUT2D eigenvalue weighted by Gasteiger charge is -2.28. The number of likely N-dealkylation sites (N-methyl/N-ethyl adjacent to an activating group) is 1. The maximum absolute atomic E-state index is 12.7. The van der Waals surface area contributed by atoms with Crippen LogP contribution in [-0.2, 0) is 16.0 Å². The largest absolute Gasteiger partial charge is 0.497 e. The number of rotatable bonds is 9. The molecule has 0 aliphatic carbocycles. The average Bonchev–Trinajstić information content (AvgIpc) is 2.72. The minimum atomic E-state index is -0.578. The lowest BCUT2D eigenvalue weighted by Crippen LogP contribution is -2.49. The van der Waals surface area contributed by atoms with Crippen molar-refractivity contribution >= 4 is 11.8 Å². The van der Waals surface area contributed by atoms with Crippen LogP contribution in [0, 0.1) is 0 Å². The number of nitrogens with zero attached hydrogens (tertiary/aromatic N) is 1. The first-order valence-corrected chi connectivity index (χ1v) is 8.87. The van der Waals surface area contributed by atoms with Crippen molar-refractivity contribution in [2.75, 3.05) is 27.3 Å². The lowest BCUT2D eigenvalue weighted by atomic mass is 10.1. The van der Waals surface area contributed by atoms with Crippen molar-refractivity contribution in [2.45, 2.75) is 19.4 Å². The van der Waals surface area contributed by atoms with Crippen LogP contribution in [0.4, 0.5) is 0 Å². The van der Waals surface area contributed by atoms with E-state index in [0.29, 0.717) is 24.5 Å². The number of benzene rings is 2. The summed E-state index contributed by atoms with van der Waals surface area (Å²) in [6, 6.07) is 16.3. The van der Waals surface area contributed by atoms with Gasteiger partial charge in [-0.05, 0) is 43.2 Å². The van der Waals surface area contributed by atoms with Gasteiger partial charge in [-0.2, -0.15) is 0 Å². The number of hydrogen-bond acceptors (Lipinski definition) is 4. The second kappa shape index (κ2) is 10.2. The Kier molecular flexibility index (Phi) is 7.67. The highest BCUT2D eigenvalue weighted by Crippen LogP contribution is 2.17. The molecule has 2 rings (SSSR count). The maximum Gasteiger partial charge on any atom is 0.261 e. The van der Waals surface area contributed by atoms with Crippen molar-refractivity contribution in [1.29, 1.82) is 0 Å². The lowest BCUT2D eigenvalue weighted by molar-refractivity contribution is -0.141. The first-order valence-electron chi connectivity index (χ1n) is 8.87. The van der Waals surface area contributed by atoms with E-state index in [1.807, 2.05) is 30.3 Å². The van der Waals surface area contributed by atoms with Crippen LogP contribution in [0.1, 0.15) is 12.5 Å². The minimum absolute atomic E-state index is 0.136. The highest BCUT2D eigenvalue weighted by molar-refractivity contribution is 5.87. The SMILES string of the molecule is CNC(=O)C(C)N(CCc1ccccc1)C(=O)COc1ccc(OC)cc1. The molecule has 1 unspecified atom stereocenters. The summed E-state index contributed by atoms with van der Waals surface area (Å²) < 4.78 is 10.7. The Morgan fingerprint density at radius 1 is 1.04 bits per heavy atom. The fraction of sp³-hybridized carbons (Fsp3) is 0.333. The fourth-order valence-electron chi connectivity index (χ4n) is 2.68. The Hall–Kier alpha value is -3.02. The molecule has 0 fully saturated rings. The molecule has 0 spiro atoms. The summed E-state index contributed by atoms with van der Waals surface area (Å²) in [5.41, 5.74) is 1.11. The Bertz CT molecular complexity index is 732. The molecule has 0 aliphatic rings. The van der Waals surface area contributed by atoms with E-state index < -0.39 is 6.04 Å². The Morgan fingerprint density at radius 3 is 2.26 bits per heavy atom. The zero-order valence-corrected chi connectivity index (χ0v) is 16.0. The van der Waals surface area contributed by atoms with Gasteiger partial charge in [-0.3, -0.25) is 9.59 Å². The van der Waals surface area contributed by atoms with Crippen molar-refractivity contribution in [3.63, 3.8) is 0 Å². The van der Waals surface area contributed by atoms with Crippen LogP contribution in [0.15, 0.2) is 54.6 Å². The molecule has 0 bridgehead atoms. The molecule has 144 valence electrons. The molecular formula is C21H26N2O4. The van der Waals surface area contributed by atoms with E-state index in [4.69, 9.17) is 9.47 Å². The number of nitrogens with one attached hydrogen (secondary N) is 1. The van der Waals surface area contributed by atoms with E-state index >= 15 is 0 Å². The molecule has 2 aromatic carbocycles. The van der Waals surface area contributed by atoms with E-state index in [2.05, 4.69) is 5.32 Å². The molecule has 0 radical (unpaired) electrons. The van der Waals surface area contributed by atoms with Crippen molar-refractivity contribution in [1.82, 2.24) is 10.2 Å². The molecule has 0 saturated carbocycles. The van der Waals surface area contributed by atoms with Gasteiger partial charge in [-0.25, -0.2) is 0 Å². The Morgan fingerprint density at radius 2 is 1.67 bits per heavy atom. The quantitative estimate of drug-likeness (QED) is 0.735. The summed E-state index contributed by atoms with van der Waals surface area (Å²) >= 11 is 0. The molecule has 2 amide bonds. The number of carbonyl (C=O) groups excluding carboxylic acids is 2. The molecule has 0 aliphatic heterocycles. The second-order valence-corrected chi connectivity index (χ2v) is 6.08. The number of methoxy groups -OCH3 is 1. The van der Waals surface area contributed by atoms with E-state index in [1.165, 1.54) is 0 Å². The predicted octanol–water partition coefficient (Wildman–Crippen LogP) is 2.28. The summed E-state index contributed by atoms with van der Waals surface area (Å²) in [6.45, 7) is 2.01. The molecule has 6 nitrogen and oxygen atoms in total. The third-order valence-electron chi connectivity index (χ3n) is 4.32. The Labute approximate surface area is 160 Å². The van der Waals surface area contributed by atoms with Gasteiger partial charge in [0.25, 0.3) is 5.91 Å². The molecule has 1 N–H and O–H groups in total. The van der Waals surface area contributed by atoms with Gasteiger partial charge >= 0.3 is 0 Å². The Balaban J connectivity index is 2.01. The van der Waals surface area contributed by atoms with E-state index in [1.54, 1.807) is 50.2 Å². The van der Waals surface area contributed by atoms with Crippen molar-refractivity contribution in [2.24, 2.45) is 0 Å². The van der Waals surface area contributed by atoms with Gasteiger partial charge in [0.2, 0.25) is 5.91 Å². The topological polar surface area (TPSA) is 67.9 Å². The summed E-state index contributed by atoms with van der Waals surface area (Å²) in [7, 11) is 3.15. The van der Waals surface area contributed by atoms with Crippen LogP contribution >= 0.6 is 0 Å². The zero-order chi connectivity index (χ0) is 19.6. The summed E-state index contributed by atoms with van der Waals surface area (Å²) in [4.78, 5) is 26.3. The molecule has 0 aromatic heterocycles. The first-order chi connectivity index (χ1) is 13.0. The van der Waals surface area contributed by atoms with Crippen molar-refractivity contribution < 1.29 is 19.1 Å². The van der Waals surface area contributed by atoms with E-state index in [9.17, 15) is 9.59 Å². The van der Waals surface area contributed by atoms with Crippen LogP contribution < -0.4 is 14.8 Å². The van der Waals surface area contributed by atoms with E-state index in [0.717, 1.165) is 5.56 Å². The van der Waals surface area contributed by atoms with Gasteiger partial charge in [-0.15, -0.1) is 0 Å². The molecule has 6 heteroatoms. The minimum Gasteiger partial charge on any atom is -0.497 e. The first kappa shape index (κ1) is 20.3. The monoisotopic (exact) mass is 370 g/mol. The molecule has 1 atom stereocenters. The number of carbonyl (C=O) groups is 2. The second-order valence-electron chi connectivity index (χ2n) is 6.08. The average molecular weight is 370 g/mol. The van der Waals surface area contributed by atoms with Crippen LogP contribution in [0.3, 0.4) is 0 Å². The van der Waals surface area contributed by atoms with Crippen LogP contribution in [0.25, 0.3) is 0 Å². The number of ether oxygens (including phenoxy) is 2. The molecule has 27 heavy (non-hydrogen) atoms. The number of hydrogen-bond donors (Lipinski definition) is 1. The van der Waals surface area contributed by atoms with Crippen LogP contribution in [-0.4, -0.2) is 50.1 Å². The number of amides is 2. The van der Waals surface area contributed by atoms with Crippen LogP contribution in [0.2, 0.25) is 0 Å². The third kappa shape index (κ3) is 6.02. The summed E-state index contributed by atoms with van der Waals surface area (Å²) in [6.07, 6.45) is 0.663. The molecular weight excluding hydrogens is 344 g/mol. The van der Waals surface area contributed by atoms with Crippen molar-refractivity contribution in [3.05, 3.63) is 60.2 Å². The van der Waals surface area contributed by atoms with Crippen molar-refractivity contribution in [3.8, 4) is 11.5 Å². The standard InChI is InChI=1S/C21H26N2O4/c1-16(21(25)22-2)23(14-13-17-7-5-4-6-8-17)20(24)15-27-19-11-9-18(26-3)10-12-19/h4-12,16H,13-15H2,1-3H3,(H,22,25). The smallest absolute Gasteiger partial charge is 0.261 e. The van der Waals surface area contributed by atoms with Gasteiger partial charge in [0.1, 0.15) is 17.5 Å². The highest BCUT2D eigenvalue weighted by Gasteiger charge is 2.25. The van der Waals surface area contributed by atoms with Gasteiger partial charge in [0, 0.05) is 13.6 Å². The normalized spacial score (nSPS) is 11.4. The van der Waals surface area contributed by atoms with E-state index in [-0.39, 0.29) is 18.4 Å². The van der Waals surface area contributed by atoms with Gasteiger partial charge in [0.15, 0.2) is 6.61 Å². The maximum atomic E-state index is 12.7. The summed E-state index contributed by atoms with van der Waals surface area (Å²) in [5.74, 6) is 0.838. The van der Waals surface area contributed by atoms with Crippen LogP contribution in [0.5, 0.6) is 11.5 Å². The molecule has 0 heterocycles. The van der Waals surface area contributed by atoms with Gasteiger partial charge < -0.3 is 19.7 Å². The zero-order valence-electron chi connectivity index (χ0n) is 16.0. The highest BCUT2D eigenvalue weighted by atomic mass is 16.5. The van der Waals surface area contributed by atoms with Gasteiger partial charge in [0.05, 0.1) is 7.11 Å². The molecule has 0 saturated heterocycles. The molecule has 2 aromatic rings. The predicted molar refractivity (Wildman–Crippen MR) is 104 cm³/mol. The third-order valence-corrected chi connectivity index (χ3v) is 4.32.